The number of carbonyl (C=O) groups excluding carboxylic acids is 2. The van der Waals surface area contributed by atoms with Gasteiger partial charge in [-0.05, 0) is 36.6 Å². The Kier molecular flexibility index (Phi) is 4.50. The fourth-order valence-corrected chi connectivity index (χ4v) is 3.42. The van der Waals surface area contributed by atoms with Crippen LogP contribution in [0.1, 0.15) is 26.4 Å². The van der Waals surface area contributed by atoms with Crippen molar-refractivity contribution in [3.63, 3.8) is 0 Å². The largest absolute Gasteiger partial charge is 0.507 e. The summed E-state index contributed by atoms with van der Waals surface area (Å²) in [4.78, 5) is 30.3. The SMILES string of the molecule is Cc1noc2nc(-c3cccs3)cc(C(=O)NNC(=O)c3ccccc3O)c12. The third-order valence-electron chi connectivity index (χ3n) is 4.07. The van der Waals surface area contributed by atoms with E-state index in [0.717, 1.165) is 4.88 Å². The number of hydrogen-bond acceptors (Lipinski definition) is 7. The van der Waals surface area contributed by atoms with Crippen LogP contribution in [0.15, 0.2) is 52.4 Å². The van der Waals surface area contributed by atoms with E-state index in [0.29, 0.717) is 16.8 Å². The predicted octanol–water partition coefficient (Wildman–Crippen LogP) is 3.04. The first-order chi connectivity index (χ1) is 13.5. The van der Waals surface area contributed by atoms with Crippen LogP contribution >= 0.6 is 11.3 Å². The lowest BCUT2D eigenvalue weighted by Gasteiger charge is -2.10. The number of benzene rings is 1. The van der Waals surface area contributed by atoms with E-state index in [4.69, 9.17) is 4.52 Å². The van der Waals surface area contributed by atoms with Gasteiger partial charge in [-0.2, -0.15) is 0 Å². The summed E-state index contributed by atoms with van der Waals surface area (Å²) in [5.41, 5.74) is 6.29. The minimum absolute atomic E-state index is 0.0445. The average Bonchev–Trinajstić information content (AvgIpc) is 3.36. The first kappa shape index (κ1) is 17.7. The van der Waals surface area contributed by atoms with Gasteiger partial charge in [0, 0.05) is 0 Å². The summed E-state index contributed by atoms with van der Waals surface area (Å²) in [6.07, 6.45) is 0. The Bertz CT molecular complexity index is 1180. The molecule has 3 aromatic heterocycles. The minimum atomic E-state index is -0.641. The summed E-state index contributed by atoms with van der Waals surface area (Å²) in [6, 6.07) is 11.4. The maximum atomic E-state index is 12.8. The molecule has 3 heterocycles. The maximum Gasteiger partial charge on any atom is 0.273 e. The Morgan fingerprint density at radius 1 is 1.07 bits per heavy atom. The number of aromatic hydroxyl groups is 1. The van der Waals surface area contributed by atoms with Crippen LogP contribution in [0.25, 0.3) is 21.7 Å². The lowest BCUT2D eigenvalue weighted by molar-refractivity contribution is 0.0846. The minimum Gasteiger partial charge on any atom is -0.507 e. The fourth-order valence-electron chi connectivity index (χ4n) is 2.74. The molecule has 0 aliphatic rings. The number of hydrogen-bond donors (Lipinski definition) is 3. The summed E-state index contributed by atoms with van der Waals surface area (Å²) >= 11 is 1.48. The Hall–Kier alpha value is -3.72. The van der Waals surface area contributed by atoms with Gasteiger partial charge < -0.3 is 9.63 Å². The van der Waals surface area contributed by atoms with E-state index in [2.05, 4.69) is 21.0 Å². The standard InChI is InChI=1S/C19H14N4O4S/c1-10-16-12(9-13(15-7-4-8-28-15)20-19(16)27-23-10)18(26)22-21-17(25)11-5-2-3-6-14(11)24/h2-9,24H,1H3,(H,21,25)(H,22,26). The Morgan fingerprint density at radius 3 is 2.54 bits per heavy atom. The summed E-state index contributed by atoms with van der Waals surface area (Å²) in [5.74, 6) is -1.38. The predicted molar refractivity (Wildman–Crippen MR) is 103 cm³/mol. The van der Waals surface area contributed by atoms with Gasteiger partial charge in [-0.25, -0.2) is 4.98 Å². The maximum absolute atomic E-state index is 12.8. The second-order valence-corrected chi connectivity index (χ2v) is 6.85. The second-order valence-electron chi connectivity index (χ2n) is 5.91. The van der Waals surface area contributed by atoms with Gasteiger partial charge in [0.25, 0.3) is 17.5 Å². The van der Waals surface area contributed by atoms with Crippen molar-refractivity contribution < 1.29 is 19.2 Å². The molecule has 0 atom stereocenters. The van der Waals surface area contributed by atoms with Crippen LogP contribution in [0.5, 0.6) is 5.75 Å². The number of rotatable bonds is 3. The molecule has 8 nitrogen and oxygen atoms in total. The van der Waals surface area contributed by atoms with E-state index in [9.17, 15) is 14.7 Å². The normalized spacial score (nSPS) is 10.8. The number of thiophene rings is 1. The molecule has 0 fully saturated rings. The molecule has 1 aromatic carbocycles. The molecule has 0 saturated heterocycles. The molecule has 3 N–H and O–H groups in total. The summed E-state index contributed by atoms with van der Waals surface area (Å²) < 4.78 is 5.23. The molecule has 2 amide bonds. The highest BCUT2D eigenvalue weighted by Gasteiger charge is 2.20. The van der Waals surface area contributed by atoms with E-state index < -0.39 is 11.8 Å². The van der Waals surface area contributed by atoms with Crippen LogP contribution < -0.4 is 10.9 Å². The van der Waals surface area contributed by atoms with Gasteiger partial charge in [0.1, 0.15) is 5.75 Å². The number of aryl methyl sites for hydroxylation is 1. The molecule has 28 heavy (non-hydrogen) atoms. The van der Waals surface area contributed by atoms with Crippen molar-refractivity contribution in [1.29, 1.82) is 0 Å². The summed E-state index contributed by atoms with van der Waals surface area (Å²) in [7, 11) is 0. The van der Waals surface area contributed by atoms with Gasteiger partial charge >= 0.3 is 0 Å². The molecule has 0 saturated carbocycles. The number of hydrazine groups is 1. The number of phenolic OH excluding ortho intramolecular Hbond substituents is 1. The highest BCUT2D eigenvalue weighted by molar-refractivity contribution is 7.13. The fraction of sp³-hybridized carbons (Fsp3) is 0.0526. The first-order valence-electron chi connectivity index (χ1n) is 8.24. The smallest absolute Gasteiger partial charge is 0.273 e. The number of fused-ring (bicyclic) bond motifs is 1. The van der Waals surface area contributed by atoms with Crippen molar-refractivity contribution in [2.75, 3.05) is 0 Å². The number of nitrogens with zero attached hydrogens (tertiary/aromatic N) is 2. The third kappa shape index (κ3) is 3.19. The van der Waals surface area contributed by atoms with Crippen LogP contribution in [0, 0.1) is 6.92 Å². The highest BCUT2D eigenvalue weighted by Crippen LogP contribution is 2.29. The molecule has 0 aliphatic heterocycles. The van der Waals surface area contributed by atoms with E-state index in [1.807, 2.05) is 17.5 Å². The number of nitrogens with one attached hydrogen (secondary N) is 2. The van der Waals surface area contributed by atoms with Crippen LogP contribution in [-0.4, -0.2) is 27.1 Å². The van der Waals surface area contributed by atoms with Crippen LogP contribution in [-0.2, 0) is 0 Å². The average molecular weight is 394 g/mol. The zero-order chi connectivity index (χ0) is 19.7. The van der Waals surface area contributed by atoms with Gasteiger partial charge in [0.05, 0.1) is 32.8 Å². The summed E-state index contributed by atoms with van der Waals surface area (Å²) in [5, 5.41) is 16.0. The van der Waals surface area contributed by atoms with Gasteiger partial charge in [0.15, 0.2) is 0 Å². The van der Waals surface area contributed by atoms with Crippen molar-refractivity contribution in [3.05, 3.63) is 64.7 Å². The quantitative estimate of drug-likeness (QED) is 0.460. The molecule has 0 aliphatic carbocycles. The molecule has 140 valence electrons. The van der Waals surface area contributed by atoms with Crippen molar-refractivity contribution in [1.82, 2.24) is 21.0 Å². The van der Waals surface area contributed by atoms with Crippen molar-refractivity contribution >= 4 is 34.3 Å². The first-order valence-corrected chi connectivity index (χ1v) is 9.12. The topological polar surface area (TPSA) is 117 Å². The van der Waals surface area contributed by atoms with Crippen molar-refractivity contribution in [2.24, 2.45) is 0 Å². The van der Waals surface area contributed by atoms with Gasteiger partial charge in [-0.3, -0.25) is 20.4 Å². The Labute approximate surface area is 162 Å². The molecule has 4 aromatic rings. The third-order valence-corrected chi connectivity index (χ3v) is 4.97. The molecular formula is C19H14N4O4S. The van der Waals surface area contributed by atoms with Gasteiger partial charge in [-0.15, -0.1) is 11.3 Å². The second kappa shape index (κ2) is 7.12. The number of phenols is 1. The van der Waals surface area contributed by atoms with Crippen LogP contribution in [0.4, 0.5) is 0 Å². The zero-order valence-electron chi connectivity index (χ0n) is 14.6. The Morgan fingerprint density at radius 2 is 1.82 bits per heavy atom. The number of para-hydroxylation sites is 1. The van der Waals surface area contributed by atoms with E-state index in [1.165, 1.54) is 23.5 Å². The molecule has 4 rings (SSSR count). The van der Waals surface area contributed by atoms with E-state index in [1.54, 1.807) is 25.1 Å². The number of pyridine rings is 1. The molecule has 0 radical (unpaired) electrons. The number of aromatic nitrogens is 2. The zero-order valence-corrected chi connectivity index (χ0v) is 15.4. The van der Waals surface area contributed by atoms with Gasteiger partial charge in [-0.1, -0.05) is 23.4 Å². The Balaban J connectivity index is 1.64. The lowest BCUT2D eigenvalue weighted by Crippen LogP contribution is -2.41. The molecule has 9 heteroatoms. The molecule has 0 spiro atoms. The van der Waals surface area contributed by atoms with Crippen LogP contribution in [0.2, 0.25) is 0 Å². The molecular weight excluding hydrogens is 380 g/mol. The summed E-state index contributed by atoms with van der Waals surface area (Å²) in [6.45, 7) is 1.70. The van der Waals surface area contributed by atoms with Crippen LogP contribution in [0.3, 0.4) is 0 Å². The highest BCUT2D eigenvalue weighted by atomic mass is 32.1. The molecule has 0 bridgehead atoms. The lowest BCUT2D eigenvalue weighted by atomic mass is 10.1. The number of carbonyl (C=O) groups is 2. The monoisotopic (exact) mass is 394 g/mol. The number of amides is 2. The molecule has 0 unspecified atom stereocenters. The van der Waals surface area contributed by atoms with Crippen molar-refractivity contribution in [2.45, 2.75) is 6.92 Å². The van der Waals surface area contributed by atoms with E-state index >= 15 is 0 Å². The van der Waals surface area contributed by atoms with Crippen molar-refractivity contribution in [3.8, 4) is 16.3 Å². The van der Waals surface area contributed by atoms with E-state index in [-0.39, 0.29) is 22.6 Å². The van der Waals surface area contributed by atoms with Gasteiger partial charge in [0.2, 0.25) is 0 Å².